The van der Waals surface area contributed by atoms with E-state index in [1.165, 1.54) is 0 Å². The molecule has 0 aliphatic heterocycles. The minimum atomic E-state index is 0.0661. The van der Waals surface area contributed by atoms with Gasteiger partial charge >= 0.3 is 0 Å². The first kappa shape index (κ1) is 14.7. The van der Waals surface area contributed by atoms with Crippen LogP contribution in [0.2, 0.25) is 0 Å². The molecule has 0 fully saturated rings. The van der Waals surface area contributed by atoms with Gasteiger partial charge in [-0.05, 0) is 24.6 Å². The number of oxime groups is 1. The fraction of sp³-hybridized carbons (Fsp3) is 0.417. The van der Waals surface area contributed by atoms with Gasteiger partial charge in [-0.2, -0.15) is 0 Å². The van der Waals surface area contributed by atoms with Crippen LogP contribution in [-0.4, -0.2) is 35.1 Å². The van der Waals surface area contributed by atoms with E-state index in [1.54, 1.807) is 31.0 Å². The topological polar surface area (TPSA) is 88.1 Å². The van der Waals surface area contributed by atoms with E-state index in [0.29, 0.717) is 17.7 Å². The van der Waals surface area contributed by atoms with Crippen LogP contribution in [0.4, 0.5) is 0 Å². The standard InChI is InChI=1S/C12H18N2O3S/c1-8(5-6-15)18-11-7-9(17-2)3-4-10(11)12(13)14-16/h3-4,7-8,15-16H,5-6H2,1-2H3,(H2,13,14). The maximum absolute atomic E-state index is 8.91. The highest BCUT2D eigenvalue weighted by Gasteiger charge is 2.12. The smallest absolute Gasteiger partial charge is 0.171 e. The average Bonchev–Trinajstić information content (AvgIpc) is 2.38. The summed E-state index contributed by atoms with van der Waals surface area (Å²) in [6, 6.07) is 5.35. The molecule has 0 aromatic heterocycles. The monoisotopic (exact) mass is 270 g/mol. The van der Waals surface area contributed by atoms with Crippen molar-refractivity contribution in [2.75, 3.05) is 13.7 Å². The number of hydrogen-bond acceptors (Lipinski definition) is 5. The van der Waals surface area contributed by atoms with Gasteiger partial charge in [0.15, 0.2) is 5.84 Å². The zero-order valence-electron chi connectivity index (χ0n) is 10.5. The maximum atomic E-state index is 8.91. The summed E-state index contributed by atoms with van der Waals surface area (Å²) in [6.07, 6.45) is 0.678. The second-order valence-electron chi connectivity index (χ2n) is 3.79. The second kappa shape index (κ2) is 7.13. The molecule has 1 unspecified atom stereocenters. The summed E-state index contributed by atoms with van der Waals surface area (Å²) in [7, 11) is 1.59. The van der Waals surface area contributed by atoms with E-state index in [2.05, 4.69) is 5.16 Å². The highest BCUT2D eigenvalue weighted by atomic mass is 32.2. The summed E-state index contributed by atoms with van der Waals surface area (Å²) < 4.78 is 5.16. The van der Waals surface area contributed by atoms with E-state index >= 15 is 0 Å². The first-order valence-corrected chi connectivity index (χ1v) is 6.43. The molecule has 0 aliphatic rings. The molecular formula is C12H18N2O3S. The highest BCUT2D eigenvalue weighted by Crippen LogP contribution is 2.31. The van der Waals surface area contributed by atoms with Crippen LogP contribution in [0.3, 0.4) is 0 Å². The number of ether oxygens (including phenoxy) is 1. The number of aliphatic hydroxyl groups excluding tert-OH is 1. The molecule has 6 heteroatoms. The number of benzene rings is 1. The number of rotatable bonds is 6. The molecule has 0 saturated carbocycles. The average molecular weight is 270 g/mol. The van der Waals surface area contributed by atoms with Gasteiger partial charge in [0.1, 0.15) is 5.75 Å². The van der Waals surface area contributed by atoms with Crippen molar-refractivity contribution in [2.45, 2.75) is 23.5 Å². The van der Waals surface area contributed by atoms with Crippen molar-refractivity contribution in [1.82, 2.24) is 0 Å². The Bertz CT molecular complexity index is 424. The van der Waals surface area contributed by atoms with Crippen molar-refractivity contribution in [3.8, 4) is 5.75 Å². The number of hydrogen-bond donors (Lipinski definition) is 3. The second-order valence-corrected chi connectivity index (χ2v) is 5.27. The fourth-order valence-corrected chi connectivity index (χ4v) is 2.59. The van der Waals surface area contributed by atoms with E-state index in [-0.39, 0.29) is 17.7 Å². The molecule has 0 amide bonds. The molecule has 0 saturated heterocycles. The van der Waals surface area contributed by atoms with Gasteiger partial charge < -0.3 is 20.8 Å². The van der Waals surface area contributed by atoms with Crippen LogP contribution in [0.1, 0.15) is 18.9 Å². The summed E-state index contributed by atoms with van der Waals surface area (Å²) in [5, 5.41) is 20.9. The Morgan fingerprint density at radius 3 is 2.83 bits per heavy atom. The van der Waals surface area contributed by atoms with E-state index in [9.17, 15) is 0 Å². The Kier molecular flexibility index (Phi) is 5.80. The number of methoxy groups -OCH3 is 1. The van der Waals surface area contributed by atoms with Crippen molar-refractivity contribution >= 4 is 17.6 Å². The van der Waals surface area contributed by atoms with Crippen molar-refractivity contribution in [3.05, 3.63) is 23.8 Å². The van der Waals surface area contributed by atoms with Crippen LogP contribution < -0.4 is 10.5 Å². The third kappa shape index (κ3) is 3.82. The zero-order chi connectivity index (χ0) is 13.5. The van der Waals surface area contributed by atoms with Gasteiger partial charge in [-0.1, -0.05) is 12.1 Å². The maximum Gasteiger partial charge on any atom is 0.171 e. The number of amidine groups is 1. The minimum absolute atomic E-state index is 0.0661. The van der Waals surface area contributed by atoms with Crippen LogP contribution in [0.25, 0.3) is 0 Å². The zero-order valence-corrected chi connectivity index (χ0v) is 11.3. The number of nitrogens with zero attached hydrogens (tertiary/aromatic N) is 1. The van der Waals surface area contributed by atoms with E-state index < -0.39 is 0 Å². The predicted octanol–water partition coefficient (Wildman–Crippen LogP) is 1.65. The largest absolute Gasteiger partial charge is 0.497 e. The summed E-state index contributed by atoms with van der Waals surface area (Å²) in [6.45, 7) is 2.15. The lowest BCUT2D eigenvalue weighted by molar-refractivity contribution is 0.289. The highest BCUT2D eigenvalue weighted by molar-refractivity contribution is 8.00. The molecular weight excluding hydrogens is 252 g/mol. The predicted molar refractivity (Wildman–Crippen MR) is 72.5 cm³/mol. The first-order chi connectivity index (χ1) is 8.62. The molecule has 5 nitrogen and oxygen atoms in total. The molecule has 1 atom stereocenters. The van der Waals surface area contributed by atoms with Crippen LogP contribution in [0.15, 0.2) is 28.3 Å². The van der Waals surface area contributed by atoms with Crippen molar-refractivity contribution in [2.24, 2.45) is 10.9 Å². The van der Waals surface area contributed by atoms with Gasteiger partial charge in [-0.3, -0.25) is 0 Å². The van der Waals surface area contributed by atoms with Gasteiger partial charge in [0.05, 0.1) is 7.11 Å². The van der Waals surface area contributed by atoms with Gasteiger partial charge in [0.25, 0.3) is 0 Å². The van der Waals surface area contributed by atoms with E-state index in [4.69, 9.17) is 20.8 Å². The Balaban J connectivity index is 3.04. The Morgan fingerprint density at radius 2 is 2.28 bits per heavy atom. The summed E-state index contributed by atoms with van der Waals surface area (Å²) in [5.74, 6) is 0.777. The Hall–Kier alpha value is -1.40. The molecule has 1 rings (SSSR count). The number of aliphatic hydroxyl groups is 1. The van der Waals surface area contributed by atoms with E-state index in [1.807, 2.05) is 13.0 Å². The third-order valence-electron chi connectivity index (χ3n) is 2.44. The fourth-order valence-electron chi connectivity index (χ4n) is 1.45. The lowest BCUT2D eigenvalue weighted by Gasteiger charge is -2.14. The molecule has 0 aliphatic carbocycles. The molecule has 0 heterocycles. The van der Waals surface area contributed by atoms with Gasteiger partial charge in [0.2, 0.25) is 0 Å². The van der Waals surface area contributed by atoms with Gasteiger partial charge in [-0.25, -0.2) is 0 Å². The molecule has 1 aromatic rings. The summed E-state index contributed by atoms with van der Waals surface area (Å²) >= 11 is 1.56. The van der Waals surface area contributed by atoms with E-state index in [0.717, 1.165) is 4.90 Å². The number of thioether (sulfide) groups is 1. The Labute approximate surface area is 111 Å². The molecule has 0 radical (unpaired) electrons. The third-order valence-corrected chi connectivity index (χ3v) is 3.67. The van der Waals surface area contributed by atoms with Crippen LogP contribution in [0, 0.1) is 0 Å². The molecule has 4 N–H and O–H groups in total. The van der Waals surface area contributed by atoms with Crippen LogP contribution >= 0.6 is 11.8 Å². The summed E-state index contributed by atoms with van der Waals surface area (Å²) in [4.78, 5) is 0.866. The quantitative estimate of drug-likeness (QED) is 0.240. The summed E-state index contributed by atoms with van der Waals surface area (Å²) in [5.41, 5.74) is 6.29. The molecule has 1 aromatic carbocycles. The van der Waals surface area contributed by atoms with Crippen molar-refractivity contribution < 1.29 is 15.1 Å². The lowest BCUT2D eigenvalue weighted by Crippen LogP contribution is -2.15. The number of nitrogens with two attached hydrogens (primary N) is 1. The SMILES string of the molecule is COc1ccc(/C(N)=N/O)c(SC(C)CCO)c1. The normalized spacial score (nSPS) is 13.4. The molecule has 0 spiro atoms. The van der Waals surface area contributed by atoms with Crippen molar-refractivity contribution in [3.63, 3.8) is 0 Å². The van der Waals surface area contributed by atoms with Crippen LogP contribution in [0.5, 0.6) is 5.75 Å². The van der Waals surface area contributed by atoms with Gasteiger partial charge in [0, 0.05) is 22.3 Å². The molecule has 18 heavy (non-hydrogen) atoms. The van der Waals surface area contributed by atoms with Gasteiger partial charge in [-0.15, -0.1) is 11.8 Å². The lowest BCUT2D eigenvalue weighted by atomic mass is 10.2. The molecule has 0 bridgehead atoms. The first-order valence-electron chi connectivity index (χ1n) is 5.55. The van der Waals surface area contributed by atoms with Crippen LogP contribution in [-0.2, 0) is 0 Å². The Morgan fingerprint density at radius 1 is 1.56 bits per heavy atom. The van der Waals surface area contributed by atoms with Crippen molar-refractivity contribution in [1.29, 1.82) is 0 Å². The molecule has 100 valence electrons. The minimum Gasteiger partial charge on any atom is -0.497 e.